The number of ether oxygens (including phenoxy) is 3. The fraction of sp³-hybridized carbons (Fsp3) is 0.357. The van der Waals surface area contributed by atoms with E-state index >= 15 is 0 Å². The second-order valence-corrected chi connectivity index (χ2v) is 13.4. The quantitative estimate of drug-likeness (QED) is 0.327. The number of likely N-dealkylation sites (N-methyl/N-ethyl adjacent to an activating group) is 1. The van der Waals surface area contributed by atoms with E-state index in [0.29, 0.717) is 42.4 Å². The van der Waals surface area contributed by atoms with E-state index in [0.717, 1.165) is 17.7 Å². The number of hydrogen-bond acceptors (Lipinski definition) is 8. The SMILES string of the molecule is COc1ccc(CCN(C)S(=O)(=O)c2ccc(OC)c(N3CCN(S(=O)(=O)c4ccc(F)cc4)CC3)c2)cc1OC. The number of anilines is 1. The van der Waals surface area contributed by atoms with Gasteiger partial charge in [-0.05, 0) is 66.6 Å². The molecular weight excluding hydrogens is 573 g/mol. The first-order valence-corrected chi connectivity index (χ1v) is 15.7. The number of halogens is 1. The molecule has 3 aromatic rings. The van der Waals surface area contributed by atoms with E-state index in [9.17, 15) is 21.2 Å². The van der Waals surface area contributed by atoms with Gasteiger partial charge in [0.1, 0.15) is 11.6 Å². The van der Waals surface area contributed by atoms with Gasteiger partial charge in [-0.25, -0.2) is 25.5 Å². The molecule has 13 heteroatoms. The van der Waals surface area contributed by atoms with Gasteiger partial charge in [0.15, 0.2) is 11.5 Å². The van der Waals surface area contributed by atoms with Crippen molar-refractivity contribution in [1.29, 1.82) is 0 Å². The van der Waals surface area contributed by atoms with Gasteiger partial charge < -0.3 is 19.1 Å². The van der Waals surface area contributed by atoms with Crippen LogP contribution in [0.1, 0.15) is 5.56 Å². The molecule has 1 aliphatic heterocycles. The van der Waals surface area contributed by atoms with E-state index in [2.05, 4.69) is 0 Å². The van der Waals surface area contributed by atoms with Crippen molar-refractivity contribution in [2.24, 2.45) is 0 Å². The summed E-state index contributed by atoms with van der Waals surface area (Å²) in [7, 11) is -1.51. The van der Waals surface area contributed by atoms with Crippen LogP contribution in [0.2, 0.25) is 0 Å². The lowest BCUT2D eigenvalue weighted by atomic mass is 10.1. The first kappa shape index (κ1) is 30.6. The Hall–Kier alpha value is -3.39. The molecule has 0 bridgehead atoms. The standard InChI is InChI=1S/C28H34FN3O7S2/c1-30(14-13-21-5-11-27(38-3)28(19-21)39-4)40(33,34)24-10-12-26(37-2)25(20-24)31-15-17-32(18-16-31)41(35,36)23-8-6-22(29)7-9-23/h5-12,19-20H,13-18H2,1-4H3. The van der Waals surface area contributed by atoms with E-state index < -0.39 is 25.9 Å². The predicted octanol–water partition coefficient (Wildman–Crippen LogP) is 3.23. The van der Waals surface area contributed by atoms with E-state index in [-0.39, 0.29) is 29.4 Å². The van der Waals surface area contributed by atoms with Crippen molar-refractivity contribution < 1.29 is 35.4 Å². The Morgan fingerprint density at radius 3 is 1.95 bits per heavy atom. The summed E-state index contributed by atoms with van der Waals surface area (Å²) in [5, 5.41) is 0. The van der Waals surface area contributed by atoms with Crippen molar-refractivity contribution in [1.82, 2.24) is 8.61 Å². The first-order chi connectivity index (χ1) is 19.5. The van der Waals surface area contributed by atoms with Gasteiger partial charge in [-0.1, -0.05) is 6.07 Å². The third-order valence-electron chi connectivity index (χ3n) is 7.05. The Bertz CT molecular complexity index is 1570. The molecule has 3 aromatic carbocycles. The molecule has 0 saturated carbocycles. The minimum Gasteiger partial charge on any atom is -0.495 e. The largest absolute Gasteiger partial charge is 0.495 e. The number of methoxy groups -OCH3 is 3. The highest BCUT2D eigenvalue weighted by Crippen LogP contribution is 2.33. The summed E-state index contributed by atoms with van der Waals surface area (Å²) in [6.45, 7) is 1.21. The summed E-state index contributed by atoms with van der Waals surface area (Å²) in [4.78, 5) is 2.02. The third kappa shape index (κ3) is 6.58. The molecule has 0 amide bonds. The maximum absolute atomic E-state index is 13.5. The Labute approximate surface area is 240 Å². The van der Waals surface area contributed by atoms with Crippen molar-refractivity contribution in [2.75, 3.05) is 66.0 Å². The summed E-state index contributed by atoms with van der Waals surface area (Å²) in [5.41, 5.74) is 1.45. The molecule has 0 aromatic heterocycles. The average molecular weight is 608 g/mol. The summed E-state index contributed by atoms with van der Waals surface area (Å²) in [6, 6.07) is 14.9. The summed E-state index contributed by atoms with van der Waals surface area (Å²) >= 11 is 0. The molecule has 0 radical (unpaired) electrons. The van der Waals surface area contributed by atoms with Gasteiger partial charge in [0.2, 0.25) is 20.0 Å². The summed E-state index contributed by atoms with van der Waals surface area (Å²) in [5.74, 6) is 1.13. The van der Waals surface area contributed by atoms with E-state index in [4.69, 9.17) is 14.2 Å². The molecule has 222 valence electrons. The Kier molecular flexibility index (Phi) is 9.42. The second-order valence-electron chi connectivity index (χ2n) is 9.44. The van der Waals surface area contributed by atoms with E-state index in [1.165, 1.54) is 41.0 Å². The number of hydrogen-bond donors (Lipinski definition) is 0. The zero-order chi connectivity index (χ0) is 29.8. The Morgan fingerprint density at radius 2 is 1.34 bits per heavy atom. The first-order valence-electron chi connectivity index (χ1n) is 12.9. The molecule has 1 heterocycles. The molecule has 41 heavy (non-hydrogen) atoms. The van der Waals surface area contributed by atoms with E-state index in [1.807, 2.05) is 17.0 Å². The molecule has 1 fully saturated rings. The predicted molar refractivity (Wildman–Crippen MR) is 153 cm³/mol. The zero-order valence-electron chi connectivity index (χ0n) is 23.4. The van der Waals surface area contributed by atoms with Gasteiger partial charge in [0, 0.05) is 39.8 Å². The molecule has 0 N–H and O–H groups in total. The number of nitrogens with zero attached hydrogens (tertiary/aromatic N) is 3. The molecule has 1 saturated heterocycles. The van der Waals surface area contributed by atoms with Crippen molar-refractivity contribution >= 4 is 25.7 Å². The molecular formula is C28H34FN3O7S2. The Morgan fingerprint density at radius 1 is 0.756 bits per heavy atom. The number of sulfonamides is 2. The van der Waals surface area contributed by atoms with Crippen LogP contribution in [0.15, 0.2) is 70.5 Å². The zero-order valence-corrected chi connectivity index (χ0v) is 25.0. The van der Waals surface area contributed by atoms with Gasteiger partial charge in [0.25, 0.3) is 0 Å². The average Bonchev–Trinajstić information content (AvgIpc) is 2.99. The minimum atomic E-state index is -3.84. The molecule has 1 aliphatic rings. The highest BCUT2D eigenvalue weighted by molar-refractivity contribution is 7.89. The normalized spacial score (nSPS) is 14.7. The maximum Gasteiger partial charge on any atom is 0.243 e. The molecule has 10 nitrogen and oxygen atoms in total. The maximum atomic E-state index is 13.5. The highest BCUT2D eigenvalue weighted by Gasteiger charge is 2.30. The van der Waals surface area contributed by atoms with Gasteiger partial charge >= 0.3 is 0 Å². The molecule has 0 unspecified atom stereocenters. The lowest BCUT2D eigenvalue weighted by Gasteiger charge is -2.36. The highest BCUT2D eigenvalue weighted by atomic mass is 32.2. The summed E-state index contributed by atoms with van der Waals surface area (Å²) < 4.78 is 85.0. The molecule has 4 rings (SSSR count). The van der Waals surface area contributed by atoms with Crippen LogP contribution in [0.4, 0.5) is 10.1 Å². The number of benzene rings is 3. The van der Waals surface area contributed by atoms with Crippen molar-refractivity contribution in [2.45, 2.75) is 16.2 Å². The third-order valence-corrected chi connectivity index (χ3v) is 10.8. The fourth-order valence-corrected chi connectivity index (χ4v) is 7.24. The van der Waals surface area contributed by atoms with Crippen molar-refractivity contribution in [3.8, 4) is 17.2 Å². The molecule has 0 aliphatic carbocycles. The lowest BCUT2D eigenvalue weighted by Crippen LogP contribution is -2.48. The number of piperazine rings is 1. The van der Waals surface area contributed by atoms with Crippen LogP contribution in [-0.4, -0.2) is 86.5 Å². The van der Waals surface area contributed by atoms with Gasteiger partial charge in [0.05, 0.1) is 36.8 Å². The van der Waals surface area contributed by atoms with Crippen LogP contribution in [0.3, 0.4) is 0 Å². The number of rotatable bonds is 11. The minimum absolute atomic E-state index is 0.0224. The molecule has 0 spiro atoms. The van der Waals surface area contributed by atoms with Crippen LogP contribution in [0, 0.1) is 5.82 Å². The van der Waals surface area contributed by atoms with Crippen molar-refractivity contribution in [3.05, 3.63) is 72.0 Å². The molecule has 0 atom stereocenters. The van der Waals surface area contributed by atoms with Crippen LogP contribution < -0.4 is 19.1 Å². The Balaban J connectivity index is 1.48. The van der Waals surface area contributed by atoms with Crippen LogP contribution >= 0.6 is 0 Å². The van der Waals surface area contributed by atoms with Gasteiger partial charge in [-0.15, -0.1) is 0 Å². The van der Waals surface area contributed by atoms with Crippen LogP contribution in [0.5, 0.6) is 17.2 Å². The topological polar surface area (TPSA) is 106 Å². The van der Waals surface area contributed by atoms with Crippen LogP contribution in [-0.2, 0) is 26.5 Å². The van der Waals surface area contributed by atoms with E-state index in [1.54, 1.807) is 32.4 Å². The van der Waals surface area contributed by atoms with Crippen LogP contribution in [0.25, 0.3) is 0 Å². The lowest BCUT2D eigenvalue weighted by molar-refractivity contribution is 0.354. The summed E-state index contributed by atoms with van der Waals surface area (Å²) in [6.07, 6.45) is 0.462. The smallest absolute Gasteiger partial charge is 0.243 e. The van der Waals surface area contributed by atoms with Crippen molar-refractivity contribution in [3.63, 3.8) is 0 Å². The second kappa shape index (κ2) is 12.6. The van der Waals surface area contributed by atoms with Gasteiger partial charge in [-0.3, -0.25) is 0 Å². The fourth-order valence-electron chi connectivity index (χ4n) is 4.63. The van der Waals surface area contributed by atoms with Gasteiger partial charge in [-0.2, -0.15) is 4.31 Å². The monoisotopic (exact) mass is 607 g/mol.